The molecule has 1 amide bonds. The van der Waals surface area contributed by atoms with Crippen LogP contribution in [0.25, 0.3) is 0 Å². The predicted octanol–water partition coefficient (Wildman–Crippen LogP) is 5.30. The van der Waals surface area contributed by atoms with E-state index in [1.807, 2.05) is 36.4 Å². The third kappa shape index (κ3) is 4.90. The van der Waals surface area contributed by atoms with Crippen LogP contribution >= 0.6 is 15.9 Å². The van der Waals surface area contributed by atoms with Gasteiger partial charge in [-0.05, 0) is 93.7 Å². The smallest absolute Gasteiger partial charge is 0.255 e. The Morgan fingerprint density at radius 1 is 1.15 bits per heavy atom. The quantitative estimate of drug-likeness (QED) is 0.699. The van der Waals surface area contributed by atoms with Gasteiger partial charge < -0.3 is 15.0 Å². The molecule has 1 aliphatic rings. The van der Waals surface area contributed by atoms with Crippen molar-refractivity contribution in [2.75, 3.05) is 25.5 Å². The van der Waals surface area contributed by atoms with Gasteiger partial charge in [-0.15, -0.1) is 0 Å². The number of benzene rings is 2. The van der Waals surface area contributed by atoms with E-state index >= 15 is 0 Å². The van der Waals surface area contributed by atoms with Gasteiger partial charge >= 0.3 is 0 Å². The highest BCUT2D eigenvalue weighted by atomic mass is 79.9. The van der Waals surface area contributed by atoms with Crippen LogP contribution in [0.2, 0.25) is 0 Å². The van der Waals surface area contributed by atoms with E-state index in [1.165, 1.54) is 5.56 Å². The number of anilines is 1. The van der Waals surface area contributed by atoms with E-state index in [0.717, 1.165) is 41.8 Å². The molecule has 2 aromatic rings. The van der Waals surface area contributed by atoms with Crippen molar-refractivity contribution < 1.29 is 9.53 Å². The maximum atomic E-state index is 12.5. The molecule has 0 spiro atoms. The number of carbonyl (C=O) groups excluding carboxylic acids is 1. The molecule has 1 saturated heterocycles. The van der Waals surface area contributed by atoms with E-state index < -0.39 is 0 Å². The SMILES string of the molecule is COc1ccc(NC(=O)c2ccc(Br)cc2)cc1C1CCN(C(C)C)CC1. The largest absolute Gasteiger partial charge is 0.496 e. The van der Waals surface area contributed by atoms with Crippen molar-refractivity contribution in [3.05, 3.63) is 58.1 Å². The van der Waals surface area contributed by atoms with Gasteiger partial charge in [0.05, 0.1) is 7.11 Å². The van der Waals surface area contributed by atoms with Crippen LogP contribution in [0.5, 0.6) is 5.75 Å². The topological polar surface area (TPSA) is 41.6 Å². The molecule has 0 bridgehead atoms. The summed E-state index contributed by atoms with van der Waals surface area (Å²) in [5.74, 6) is 1.26. The summed E-state index contributed by atoms with van der Waals surface area (Å²) in [5.41, 5.74) is 2.64. The normalized spacial score (nSPS) is 15.7. The summed E-state index contributed by atoms with van der Waals surface area (Å²) in [6.45, 7) is 6.69. The molecule has 0 aromatic heterocycles. The number of halogens is 1. The number of rotatable bonds is 5. The molecule has 27 heavy (non-hydrogen) atoms. The number of nitrogens with one attached hydrogen (secondary N) is 1. The van der Waals surface area contributed by atoms with Crippen LogP contribution in [0, 0.1) is 0 Å². The Morgan fingerprint density at radius 3 is 2.41 bits per heavy atom. The Balaban J connectivity index is 1.75. The van der Waals surface area contributed by atoms with Crippen LogP contribution in [-0.4, -0.2) is 37.0 Å². The van der Waals surface area contributed by atoms with Gasteiger partial charge in [0.25, 0.3) is 5.91 Å². The van der Waals surface area contributed by atoms with Crippen LogP contribution in [0.15, 0.2) is 46.9 Å². The zero-order valence-electron chi connectivity index (χ0n) is 16.2. The fourth-order valence-corrected chi connectivity index (χ4v) is 3.93. The molecular weight excluding hydrogens is 404 g/mol. The van der Waals surface area contributed by atoms with Crippen molar-refractivity contribution in [2.45, 2.75) is 38.6 Å². The number of methoxy groups -OCH3 is 1. The lowest BCUT2D eigenvalue weighted by Crippen LogP contribution is -2.37. The van der Waals surface area contributed by atoms with Crippen LogP contribution in [0.4, 0.5) is 5.69 Å². The van der Waals surface area contributed by atoms with Crippen molar-refractivity contribution in [3.63, 3.8) is 0 Å². The minimum Gasteiger partial charge on any atom is -0.496 e. The van der Waals surface area contributed by atoms with E-state index in [9.17, 15) is 4.79 Å². The number of hydrogen-bond acceptors (Lipinski definition) is 3. The summed E-state index contributed by atoms with van der Waals surface area (Å²) >= 11 is 3.39. The number of amides is 1. The zero-order valence-corrected chi connectivity index (χ0v) is 17.8. The van der Waals surface area contributed by atoms with Crippen molar-refractivity contribution in [1.29, 1.82) is 0 Å². The molecule has 1 aliphatic heterocycles. The van der Waals surface area contributed by atoms with Crippen LogP contribution in [0.3, 0.4) is 0 Å². The minimum absolute atomic E-state index is 0.103. The van der Waals surface area contributed by atoms with Gasteiger partial charge in [-0.25, -0.2) is 0 Å². The highest BCUT2D eigenvalue weighted by Crippen LogP contribution is 2.36. The summed E-state index contributed by atoms with van der Waals surface area (Å²) in [7, 11) is 1.71. The monoisotopic (exact) mass is 430 g/mol. The molecule has 0 saturated carbocycles. The molecule has 4 nitrogen and oxygen atoms in total. The van der Waals surface area contributed by atoms with Crippen molar-refractivity contribution in [1.82, 2.24) is 4.90 Å². The average molecular weight is 431 g/mol. The predicted molar refractivity (Wildman–Crippen MR) is 114 cm³/mol. The van der Waals surface area contributed by atoms with Crippen LogP contribution < -0.4 is 10.1 Å². The number of carbonyl (C=O) groups is 1. The van der Waals surface area contributed by atoms with Gasteiger partial charge in [0.2, 0.25) is 0 Å². The van der Waals surface area contributed by atoms with Gasteiger partial charge in [0.15, 0.2) is 0 Å². The fraction of sp³-hybridized carbons (Fsp3) is 0.409. The Bertz CT molecular complexity index is 781. The first-order valence-electron chi connectivity index (χ1n) is 9.47. The second-order valence-electron chi connectivity index (χ2n) is 7.32. The lowest BCUT2D eigenvalue weighted by molar-refractivity contribution is 0.102. The lowest BCUT2D eigenvalue weighted by atomic mass is 9.88. The molecular formula is C22H27BrN2O2. The van der Waals surface area contributed by atoms with E-state index in [2.05, 4.69) is 46.1 Å². The second-order valence-corrected chi connectivity index (χ2v) is 8.24. The summed E-state index contributed by atoms with van der Waals surface area (Å²) in [5, 5.41) is 3.02. The van der Waals surface area contributed by atoms with E-state index in [0.29, 0.717) is 17.5 Å². The molecule has 1 N–H and O–H groups in total. The highest BCUT2D eigenvalue weighted by molar-refractivity contribution is 9.10. The molecule has 0 atom stereocenters. The molecule has 0 radical (unpaired) electrons. The first-order valence-corrected chi connectivity index (χ1v) is 10.3. The fourth-order valence-electron chi connectivity index (χ4n) is 3.66. The van der Waals surface area contributed by atoms with Gasteiger partial charge in [0, 0.05) is 21.8 Å². The molecule has 2 aromatic carbocycles. The average Bonchev–Trinajstić information content (AvgIpc) is 2.68. The summed E-state index contributed by atoms with van der Waals surface area (Å²) < 4.78 is 6.56. The van der Waals surface area contributed by atoms with E-state index in [1.54, 1.807) is 7.11 Å². The van der Waals surface area contributed by atoms with Gasteiger partial charge in [-0.2, -0.15) is 0 Å². The van der Waals surface area contributed by atoms with Gasteiger partial charge in [-0.1, -0.05) is 15.9 Å². The zero-order chi connectivity index (χ0) is 19.4. The van der Waals surface area contributed by atoms with Crippen LogP contribution in [0.1, 0.15) is 48.5 Å². The Hall–Kier alpha value is -1.85. The van der Waals surface area contributed by atoms with Crippen LogP contribution in [-0.2, 0) is 0 Å². The molecule has 0 aliphatic carbocycles. The third-order valence-electron chi connectivity index (χ3n) is 5.29. The van der Waals surface area contributed by atoms with Crippen molar-refractivity contribution >= 4 is 27.5 Å². The lowest BCUT2D eigenvalue weighted by Gasteiger charge is -2.35. The number of piperidine rings is 1. The molecule has 5 heteroatoms. The summed E-state index contributed by atoms with van der Waals surface area (Å²) in [6, 6.07) is 13.9. The number of ether oxygens (including phenoxy) is 1. The maximum absolute atomic E-state index is 12.5. The molecule has 144 valence electrons. The number of nitrogens with zero attached hydrogens (tertiary/aromatic N) is 1. The Kier molecular flexibility index (Phi) is 6.55. The highest BCUT2D eigenvalue weighted by Gasteiger charge is 2.24. The first-order chi connectivity index (χ1) is 13.0. The summed E-state index contributed by atoms with van der Waals surface area (Å²) in [4.78, 5) is 15.0. The number of likely N-dealkylation sites (tertiary alicyclic amines) is 1. The Morgan fingerprint density at radius 2 is 1.81 bits per heavy atom. The molecule has 1 fully saturated rings. The van der Waals surface area contributed by atoms with Gasteiger partial charge in [0.1, 0.15) is 5.75 Å². The molecule has 0 unspecified atom stereocenters. The summed E-state index contributed by atoms with van der Waals surface area (Å²) in [6.07, 6.45) is 2.22. The van der Waals surface area contributed by atoms with E-state index in [4.69, 9.17) is 4.74 Å². The minimum atomic E-state index is -0.103. The molecule has 3 rings (SSSR count). The Labute approximate surface area is 170 Å². The standard InChI is InChI=1S/C22H27BrN2O2/c1-15(2)25-12-10-16(11-13-25)20-14-19(8-9-21(20)27-3)24-22(26)17-4-6-18(23)7-5-17/h4-9,14-16H,10-13H2,1-3H3,(H,24,26). The van der Waals surface area contributed by atoms with E-state index in [-0.39, 0.29) is 5.91 Å². The maximum Gasteiger partial charge on any atom is 0.255 e. The van der Waals surface area contributed by atoms with Crippen molar-refractivity contribution in [2.24, 2.45) is 0 Å². The first kappa shape index (κ1) is 19.9. The van der Waals surface area contributed by atoms with Crippen molar-refractivity contribution in [3.8, 4) is 5.75 Å². The second kappa shape index (κ2) is 8.89. The third-order valence-corrected chi connectivity index (χ3v) is 5.82. The van der Waals surface area contributed by atoms with Gasteiger partial charge in [-0.3, -0.25) is 4.79 Å². The molecule has 1 heterocycles. The number of hydrogen-bond donors (Lipinski definition) is 1.